The molecule has 1 heterocycles. The number of methoxy groups -OCH3 is 1. The van der Waals surface area contributed by atoms with Crippen LogP contribution in [0, 0.1) is 5.92 Å². The predicted octanol–water partition coefficient (Wildman–Crippen LogP) is 5.70. The van der Waals surface area contributed by atoms with Crippen molar-refractivity contribution in [2.75, 3.05) is 7.11 Å². The maximum absolute atomic E-state index is 14.7. The fraction of sp³-hybridized carbons (Fsp3) is 0.500. The normalized spacial score (nSPS) is 26.7. The average molecular weight is 428 g/mol. The lowest BCUT2D eigenvalue weighted by Crippen LogP contribution is -2.52. The molecule has 1 fully saturated rings. The third kappa shape index (κ3) is 4.15. The van der Waals surface area contributed by atoms with E-state index in [4.69, 9.17) is 9.47 Å². The Balaban J connectivity index is 0.000000645. The third-order valence-corrected chi connectivity index (χ3v) is 6.31. The van der Waals surface area contributed by atoms with Gasteiger partial charge in [0.25, 0.3) is 5.91 Å². The monoisotopic (exact) mass is 427 g/mol. The van der Waals surface area contributed by atoms with Gasteiger partial charge in [-0.3, -0.25) is 4.79 Å². The quantitative estimate of drug-likeness (QED) is 0.684. The first-order valence-corrected chi connectivity index (χ1v) is 11.5. The molecule has 0 radical (unpaired) electrons. The van der Waals surface area contributed by atoms with Crippen molar-refractivity contribution < 1.29 is 18.7 Å². The first-order valence-electron chi connectivity index (χ1n) is 11.5. The van der Waals surface area contributed by atoms with Gasteiger partial charge >= 0.3 is 0 Å². The van der Waals surface area contributed by atoms with Crippen molar-refractivity contribution in [2.24, 2.45) is 5.92 Å². The van der Waals surface area contributed by atoms with E-state index in [1.54, 1.807) is 7.11 Å². The molecule has 5 rings (SSSR count). The van der Waals surface area contributed by atoms with Crippen LogP contribution in [0.25, 0.3) is 0 Å². The van der Waals surface area contributed by atoms with Crippen LogP contribution in [-0.4, -0.2) is 31.3 Å². The number of hydrogen-bond donors (Lipinski definition) is 1. The summed E-state index contributed by atoms with van der Waals surface area (Å²) in [5.41, 5.74) is 2.87. The van der Waals surface area contributed by atoms with Gasteiger partial charge in [0.2, 0.25) is 0 Å². The number of nitrogens with one attached hydrogen (secondary N) is 1. The highest BCUT2D eigenvalue weighted by atomic mass is 19.1. The molecular weight excluding hydrogens is 393 g/mol. The molecule has 1 saturated carbocycles. The number of carbonyl (C=O) groups is 1. The largest absolute Gasteiger partial charge is 0.493 e. The number of benzene rings is 2. The van der Waals surface area contributed by atoms with Crippen molar-refractivity contribution in [1.82, 2.24) is 5.32 Å². The zero-order valence-corrected chi connectivity index (χ0v) is 19.2. The molecule has 5 heteroatoms. The molecule has 0 spiro atoms. The highest BCUT2D eigenvalue weighted by molar-refractivity contribution is 5.94. The van der Waals surface area contributed by atoms with Gasteiger partial charge in [0, 0.05) is 23.1 Å². The second-order valence-electron chi connectivity index (χ2n) is 7.69. The summed E-state index contributed by atoms with van der Waals surface area (Å²) in [7, 11) is 1.61. The Labute approximate surface area is 185 Å². The van der Waals surface area contributed by atoms with Crippen LogP contribution in [-0.2, 0) is 6.42 Å². The summed E-state index contributed by atoms with van der Waals surface area (Å²) in [6.45, 7) is 8.00. The zero-order chi connectivity index (χ0) is 22.5. The number of halogens is 1. The molecule has 1 amide bonds. The molecule has 0 bridgehead atoms. The van der Waals surface area contributed by atoms with Gasteiger partial charge in [-0.25, -0.2) is 4.39 Å². The Hall–Kier alpha value is -2.56. The van der Waals surface area contributed by atoms with Gasteiger partial charge in [0.15, 0.2) is 11.5 Å². The standard InChI is InChI=1S/C22H22FNO3.2C2H6/c1-26-17-10-7-13-11-16(24-22(25)12-5-3-2-4-6-12)14-8-9-15(23)20-19(14)18(13)21(17)27-20;2*1-2/h2-7,10,14-16,19-20H,8-9,11H2,1H3,(H,24,25);2*1-2H3/t14?,15?,16-,19?,20+;;/m0../s1. The van der Waals surface area contributed by atoms with Crippen LogP contribution in [0.1, 0.15) is 67.9 Å². The number of alkyl halides is 1. The van der Waals surface area contributed by atoms with E-state index in [-0.39, 0.29) is 23.8 Å². The van der Waals surface area contributed by atoms with Gasteiger partial charge < -0.3 is 14.8 Å². The van der Waals surface area contributed by atoms with Gasteiger partial charge in [0.1, 0.15) is 12.3 Å². The molecule has 3 unspecified atom stereocenters. The second kappa shape index (κ2) is 10.2. The van der Waals surface area contributed by atoms with E-state index < -0.39 is 12.3 Å². The van der Waals surface area contributed by atoms with Crippen molar-refractivity contribution in [2.45, 2.75) is 71.2 Å². The van der Waals surface area contributed by atoms with E-state index in [1.807, 2.05) is 70.2 Å². The van der Waals surface area contributed by atoms with E-state index in [0.29, 0.717) is 23.5 Å². The van der Waals surface area contributed by atoms with Crippen LogP contribution < -0.4 is 14.8 Å². The third-order valence-electron chi connectivity index (χ3n) is 6.31. The lowest BCUT2D eigenvalue weighted by molar-refractivity contribution is 0.0277. The highest BCUT2D eigenvalue weighted by Crippen LogP contribution is 2.57. The molecule has 2 aliphatic carbocycles. The molecule has 5 atom stereocenters. The molecule has 31 heavy (non-hydrogen) atoms. The van der Waals surface area contributed by atoms with Crippen molar-refractivity contribution in [3.05, 3.63) is 59.2 Å². The Kier molecular flexibility index (Phi) is 7.58. The van der Waals surface area contributed by atoms with E-state index in [9.17, 15) is 9.18 Å². The number of hydrogen-bond acceptors (Lipinski definition) is 3. The molecule has 1 aliphatic heterocycles. The van der Waals surface area contributed by atoms with Crippen LogP contribution in [0.5, 0.6) is 11.5 Å². The minimum Gasteiger partial charge on any atom is -0.493 e. The first kappa shape index (κ1) is 23.1. The molecule has 3 aliphatic rings. The topological polar surface area (TPSA) is 47.6 Å². The molecule has 168 valence electrons. The summed E-state index contributed by atoms with van der Waals surface area (Å²) in [6, 6.07) is 13.1. The minimum atomic E-state index is -0.986. The van der Waals surface area contributed by atoms with Crippen molar-refractivity contribution in [1.29, 1.82) is 0 Å². The molecule has 2 aromatic rings. The first-order chi connectivity index (χ1) is 15.2. The van der Waals surface area contributed by atoms with E-state index in [2.05, 4.69) is 5.32 Å². The Morgan fingerprint density at radius 3 is 2.45 bits per heavy atom. The van der Waals surface area contributed by atoms with Gasteiger partial charge in [-0.15, -0.1) is 0 Å². The summed E-state index contributed by atoms with van der Waals surface area (Å²) >= 11 is 0. The van der Waals surface area contributed by atoms with Gasteiger partial charge in [0.05, 0.1) is 7.11 Å². The minimum absolute atomic E-state index is 0.0202. The van der Waals surface area contributed by atoms with Crippen molar-refractivity contribution >= 4 is 5.91 Å². The Morgan fingerprint density at radius 1 is 1.06 bits per heavy atom. The zero-order valence-electron chi connectivity index (χ0n) is 19.2. The van der Waals surface area contributed by atoms with E-state index in [0.717, 1.165) is 24.0 Å². The maximum atomic E-state index is 14.7. The van der Waals surface area contributed by atoms with Crippen LogP contribution in [0.3, 0.4) is 0 Å². The summed E-state index contributed by atoms with van der Waals surface area (Å²) in [5.74, 6) is 1.45. The lowest BCUT2D eigenvalue weighted by atomic mass is 9.65. The number of carbonyl (C=O) groups excluding carboxylic acids is 1. The highest BCUT2D eigenvalue weighted by Gasteiger charge is 2.53. The van der Waals surface area contributed by atoms with Gasteiger partial charge in [-0.05, 0) is 48.9 Å². The summed E-state index contributed by atoms with van der Waals surface area (Å²) < 4.78 is 26.2. The number of ether oxygens (including phenoxy) is 2. The summed E-state index contributed by atoms with van der Waals surface area (Å²) in [5, 5.41) is 3.21. The molecule has 1 N–H and O–H groups in total. The molecule has 0 aromatic heterocycles. The number of rotatable bonds is 3. The molecular formula is C26H34FNO3. The summed E-state index contributed by atoms with van der Waals surface area (Å²) in [6.07, 6.45) is 0.487. The fourth-order valence-electron chi connectivity index (χ4n) is 5.11. The predicted molar refractivity (Wildman–Crippen MR) is 122 cm³/mol. The number of amides is 1. The van der Waals surface area contributed by atoms with Gasteiger partial charge in [-0.2, -0.15) is 0 Å². The van der Waals surface area contributed by atoms with Crippen molar-refractivity contribution in [3.8, 4) is 11.5 Å². The van der Waals surface area contributed by atoms with E-state index >= 15 is 0 Å². The van der Waals surface area contributed by atoms with E-state index in [1.165, 1.54) is 0 Å². The van der Waals surface area contributed by atoms with Crippen LogP contribution in [0.2, 0.25) is 0 Å². The molecule has 2 aromatic carbocycles. The van der Waals surface area contributed by atoms with Gasteiger partial charge in [-0.1, -0.05) is 52.0 Å². The SMILES string of the molecule is CC.CC.COc1ccc2c3c1O[C@@H]1C(F)CCC(C31)[C@@H](NC(=O)c1ccccc1)C2. The van der Waals surface area contributed by atoms with Crippen molar-refractivity contribution in [3.63, 3.8) is 0 Å². The Morgan fingerprint density at radius 2 is 1.77 bits per heavy atom. The fourth-order valence-corrected chi connectivity index (χ4v) is 5.11. The second-order valence-corrected chi connectivity index (χ2v) is 7.69. The lowest BCUT2D eigenvalue weighted by Gasteiger charge is -2.43. The van der Waals surface area contributed by atoms with Crippen LogP contribution in [0.4, 0.5) is 4.39 Å². The maximum Gasteiger partial charge on any atom is 0.251 e. The van der Waals surface area contributed by atoms with Crippen LogP contribution in [0.15, 0.2) is 42.5 Å². The Bertz CT molecular complexity index is 886. The molecule has 4 nitrogen and oxygen atoms in total. The molecule has 0 saturated heterocycles. The smallest absolute Gasteiger partial charge is 0.251 e. The van der Waals surface area contributed by atoms with Crippen LogP contribution >= 0.6 is 0 Å². The summed E-state index contributed by atoms with van der Waals surface area (Å²) in [4.78, 5) is 12.7. The average Bonchev–Trinajstić information content (AvgIpc) is 3.24.